The first-order valence-electron chi connectivity index (χ1n) is 7.38. The Bertz CT molecular complexity index is 646. The molecule has 0 unspecified atom stereocenters. The summed E-state index contributed by atoms with van der Waals surface area (Å²) in [6, 6.07) is 3.67. The second kappa shape index (κ2) is 7.90. The summed E-state index contributed by atoms with van der Waals surface area (Å²) in [5.41, 5.74) is 2.37. The number of methoxy groups -OCH3 is 1. The molecule has 7 heteroatoms. The number of sulfonamides is 1. The van der Waals surface area contributed by atoms with Crippen molar-refractivity contribution in [3.05, 3.63) is 28.8 Å². The van der Waals surface area contributed by atoms with Gasteiger partial charge in [-0.3, -0.25) is 4.79 Å². The molecule has 6 nitrogen and oxygen atoms in total. The number of aryl methyl sites for hydroxylation is 3. The van der Waals surface area contributed by atoms with E-state index in [0.717, 1.165) is 5.56 Å². The largest absolute Gasteiger partial charge is 0.383 e. The minimum Gasteiger partial charge on any atom is -0.383 e. The van der Waals surface area contributed by atoms with Crippen LogP contribution in [0.4, 0.5) is 0 Å². The zero-order valence-corrected chi connectivity index (χ0v) is 15.5. The van der Waals surface area contributed by atoms with Crippen LogP contribution in [0.1, 0.15) is 16.7 Å². The average Bonchev–Trinajstić information content (AvgIpc) is 2.41. The molecule has 23 heavy (non-hydrogen) atoms. The van der Waals surface area contributed by atoms with Gasteiger partial charge in [0.05, 0.1) is 18.0 Å². The number of hydrogen-bond acceptors (Lipinski definition) is 4. The van der Waals surface area contributed by atoms with Crippen molar-refractivity contribution < 1.29 is 17.9 Å². The fourth-order valence-electron chi connectivity index (χ4n) is 2.47. The molecule has 0 heterocycles. The Morgan fingerprint density at radius 3 is 2.09 bits per heavy atom. The van der Waals surface area contributed by atoms with E-state index in [0.29, 0.717) is 11.1 Å². The predicted octanol–water partition coefficient (Wildman–Crippen LogP) is 1.34. The minimum absolute atomic E-state index is 0.130. The number of benzene rings is 1. The number of likely N-dealkylation sites (N-methyl/N-ethyl adjacent to an activating group) is 1. The van der Waals surface area contributed by atoms with Crippen LogP contribution in [-0.2, 0) is 19.6 Å². The maximum absolute atomic E-state index is 13.0. The molecule has 0 saturated heterocycles. The van der Waals surface area contributed by atoms with Crippen molar-refractivity contribution in [2.75, 3.05) is 40.9 Å². The maximum Gasteiger partial charge on any atom is 0.244 e. The van der Waals surface area contributed by atoms with Crippen LogP contribution < -0.4 is 0 Å². The summed E-state index contributed by atoms with van der Waals surface area (Å²) < 4.78 is 32.3. The van der Waals surface area contributed by atoms with E-state index in [9.17, 15) is 13.2 Å². The van der Waals surface area contributed by atoms with Gasteiger partial charge >= 0.3 is 0 Å². The van der Waals surface area contributed by atoms with Gasteiger partial charge in [0.15, 0.2) is 0 Å². The third-order valence-electron chi connectivity index (χ3n) is 3.56. The molecule has 0 aliphatic carbocycles. The average molecular weight is 342 g/mol. The Balaban J connectivity index is 3.30. The Morgan fingerprint density at radius 2 is 1.65 bits per heavy atom. The standard InChI is InChI=1S/C16H26N2O4S/c1-12-9-13(2)16(14(3)10-12)23(20,21)18(7-8-22-6)11-15(19)17(4)5/h9-10H,7-8,11H2,1-6H3. The molecule has 0 aliphatic rings. The van der Waals surface area contributed by atoms with Gasteiger partial charge < -0.3 is 9.64 Å². The number of carbonyl (C=O) groups is 1. The Labute approximate surface area is 139 Å². The highest BCUT2D eigenvalue weighted by atomic mass is 32.2. The van der Waals surface area contributed by atoms with Gasteiger partial charge in [0.2, 0.25) is 15.9 Å². The zero-order valence-electron chi connectivity index (χ0n) is 14.7. The lowest BCUT2D eigenvalue weighted by Gasteiger charge is -2.25. The van der Waals surface area contributed by atoms with E-state index >= 15 is 0 Å². The Kier molecular flexibility index (Phi) is 6.73. The Morgan fingerprint density at radius 1 is 1.13 bits per heavy atom. The van der Waals surface area contributed by atoms with E-state index in [4.69, 9.17) is 4.74 Å². The summed E-state index contributed by atoms with van der Waals surface area (Å²) in [5, 5.41) is 0. The van der Waals surface area contributed by atoms with Gasteiger partial charge in [0.25, 0.3) is 0 Å². The van der Waals surface area contributed by atoms with Crippen LogP contribution in [-0.4, -0.2) is 64.4 Å². The smallest absolute Gasteiger partial charge is 0.244 e. The van der Waals surface area contributed by atoms with Crippen molar-refractivity contribution >= 4 is 15.9 Å². The van der Waals surface area contributed by atoms with E-state index < -0.39 is 10.0 Å². The maximum atomic E-state index is 13.0. The van der Waals surface area contributed by atoms with Crippen LogP contribution >= 0.6 is 0 Å². The second-order valence-corrected chi connectivity index (χ2v) is 7.72. The Hall–Kier alpha value is -1.44. The van der Waals surface area contributed by atoms with Crippen LogP contribution in [0.5, 0.6) is 0 Å². The number of carbonyl (C=O) groups excluding carboxylic acids is 1. The SMILES string of the molecule is COCCN(CC(=O)N(C)C)S(=O)(=O)c1c(C)cc(C)cc1C. The van der Waals surface area contributed by atoms with Crippen molar-refractivity contribution in [1.82, 2.24) is 9.21 Å². The summed E-state index contributed by atoms with van der Waals surface area (Å²) in [4.78, 5) is 13.6. The molecular formula is C16H26N2O4S. The van der Waals surface area contributed by atoms with Crippen LogP contribution in [0.15, 0.2) is 17.0 Å². The third kappa shape index (κ3) is 4.76. The molecule has 0 bridgehead atoms. The van der Waals surface area contributed by atoms with Crippen molar-refractivity contribution in [1.29, 1.82) is 0 Å². The number of ether oxygens (including phenoxy) is 1. The van der Waals surface area contributed by atoms with Gasteiger partial charge in [0, 0.05) is 27.7 Å². The first kappa shape index (κ1) is 19.6. The number of nitrogens with zero attached hydrogens (tertiary/aromatic N) is 2. The highest BCUT2D eigenvalue weighted by Crippen LogP contribution is 2.25. The molecule has 0 radical (unpaired) electrons. The monoisotopic (exact) mass is 342 g/mol. The number of hydrogen-bond donors (Lipinski definition) is 0. The first-order valence-corrected chi connectivity index (χ1v) is 8.82. The normalized spacial score (nSPS) is 11.8. The number of amides is 1. The quantitative estimate of drug-likeness (QED) is 0.750. The number of rotatable bonds is 7. The van der Waals surface area contributed by atoms with E-state index in [-0.39, 0.29) is 30.5 Å². The molecule has 0 fully saturated rings. The van der Waals surface area contributed by atoms with Crippen molar-refractivity contribution in [2.45, 2.75) is 25.7 Å². The molecule has 130 valence electrons. The topological polar surface area (TPSA) is 66.9 Å². The molecule has 1 aromatic carbocycles. The molecule has 0 atom stereocenters. The van der Waals surface area contributed by atoms with E-state index in [2.05, 4.69) is 0 Å². The molecule has 0 aromatic heterocycles. The van der Waals surface area contributed by atoms with Gasteiger partial charge in [-0.1, -0.05) is 17.7 Å². The molecule has 1 aromatic rings. The van der Waals surface area contributed by atoms with Gasteiger partial charge in [-0.15, -0.1) is 0 Å². The summed E-state index contributed by atoms with van der Waals surface area (Å²) in [7, 11) is 0.933. The molecule has 1 amide bonds. The van der Waals surface area contributed by atoms with Gasteiger partial charge in [-0.2, -0.15) is 4.31 Å². The van der Waals surface area contributed by atoms with Crippen LogP contribution in [0.25, 0.3) is 0 Å². The van der Waals surface area contributed by atoms with E-state index in [1.165, 1.54) is 16.3 Å². The molecule has 1 rings (SSSR count). The van der Waals surface area contributed by atoms with Crippen LogP contribution in [0.3, 0.4) is 0 Å². The summed E-state index contributed by atoms with van der Waals surface area (Å²) in [5.74, 6) is -0.271. The fraction of sp³-hybridized carbons (Fsp3) is 0.562. The lowest BCUT2D eigenvalue weighted by molar-refractivity contribution is -0.128. The van der Waals surface area contributed by atoms with Crippen molar-refractivity contribution in [3.63, 3.8) is 0 Å². The van der Waals surface area contributed by atoms with E-state index in [1.807, 2.05) is 19.1 Å². The molecule has 0 aliphatic heterocycles. The molecule has 0 N–H and O–H groups in total. The van der Waals surface area contributed by atoms with Crippen LogP contribution in [0, 0.1) is 20.8 Å². The summed E-state index contributed by atoms with van der Waals surface area (Å²) in [6.45, 7) is 5.62. The van der Waals surface area contributed by atoms with Crippen LogP contribution in [0.2, 0.25) is 0 Å². The lowest BCUT2D eigenvalue weighted by Crippen LogP contribution is -2.42. The van der Waals surface area contributed by atoms with Crippen molar-refractivity contribution in [2.24, 2.45) is 0 Å². The summed E-state index contributed by atoms with van der Waals surface area (Å²) in [6.07, 6.45) is 0. The third-order valence-corrected chi connectivity index (χ3v) is 5.71. The molecule has 0 spiro atoms. The van der Waals surface area contributed by atoms with Crippen molar-refractivity contribution in [3.8, 4) is 0 Å². The predicted molar refractivity (Wildman–Crippen MR) is 90.0 cm³/mol. The highest BCUT2D eigenvalue weighted by molar-refractivity contribution is 7.89. The highest BCUT2D eigenvalue weighted by Gasteiger charge is 2.29. The lowest BCUT2D eigenvalue weighted by atomic mass is 10.1. The van der Waals surface area contributed by atoms with E-state index in [1.54, 1.807) is 27.9 Å². The first-order chi connectivity index (χ1) is 10.6. The molecular weight excluding hydrogens is 316 g/mol. The summed E-state index contributed by atoms with van der Waals surface area (Å²) >= 11 is 0. The second-order valence-electron chi connectivity index (χ2n) is 5.85. The fourth-order valence-corrected chi connectivity index (χ4v) is 4.26. The minimum atomic E-state index is -3.77. The van der Waals surface area contributed by atoms with Gasteiger partial charge in [-0.05, 0) is 31.9 Å². The van der Waals surface area contributed by atoms with Gasteiger partial charge in [0.1, 0.15) is 0 Å². The molecule has 0 saturated carbocycles. The van der Waals surface area contributed by atoms with Gasteiger partial charge in [-0.25, -0.2) is 8.42 Å². The zero-order chi connectivity index (χ0) is 17.8.